The number of benzene rings is 1. The number of aryl methyl sites for hydroxylation is 3. The van der Waals surface area contributed by atoms with Crippen LogP contribution in [-0.2, 0) is 0 Å². The molecule has 3 atom stereocenters. The zero-order valence-electron chi connectivity index (χ0n) is 18.3. The smallest absolute Gasteiger partial charge is 0.118 e. The third kappa shape index (κ3) is 3.63. The lowest BCUT2D eigenvalue weighted by Crippen LogP contribution is -2.51. The van der Waals surface area contributed by atoms with Crippen molar-refractivity contribution in [2.24, 2.45) is 11.8 Å². The fourth-order valence-corrected chi connectivity index (χ4v) is 6.35. The fourth-order valence-electron chi connectivity index (χ4n) is 5.14. The van der Waals surface area contributed by atoms with Gasteiger partial charge in [-0.15, -0.1) is 0 Å². The van der Waals surface area contributed by atoms with E-state index in [0.29, 0.717) is 17.9 Å². The molecule has 0 saturated carbocycles. The maximum atomic E-state index is 3.95. The molecular weight excluding hydrogens is 476 g/mol. The molecule has 2 aliphatic rings. The first kappa shape index (κ1) is 21.7. The van der Waals surface area contributed by atoms with Gasteiger partial charge in [0, 0.05) is 5.69 Å². The predicted molar refractivity (Wildman–Crippen MR) is 129 cm³/mol. The Morgan fingerprint density at radius 3 is 2.00 bits per heavy atom. The summed E-state index contributed by atoms with van der Waals surface area (Å²) in [7, 11) is 0. The summed E-state index contributed by atoms with van der Waals surface area (Å²) >= 11 is 7.90. The largest absolute Gasteiger partial charge is 0.335 e. The summed E-state index contributed by atoms with van der Waals surface area (Å²) in [6, 6.07) is 4.92. The lowest BCUT2D eigenvalue weighted by Gasteiger charge is -2.44. The Morgan fingerprint density at radius 2 is 1.50 bits per heavy atom. The molecule has 28 heavy (non-hydrogen) atoms. The second kappa shape index (κ2) is 8.02. The molecule has 0 N–H and O–H groups in total. The normalized spacial score (nSPS) is 25.6. The highest BCUT2D eigenvalue weighted by atomic mass is 79.9. The molecule has 2 unspecified atom stereocenters. The Kier molecular flexibility index (Phi) is 6.22. The molecule has 1 aliphatic heterocycles. The van der Waals surface area contributed by atoms with E-state index >= 15 is 0 Å². The second-order valence-corrected chi connectivity index (χ2v) is 10.4. The van der Waals surface area contributed by atoms with E-state index in [2.05, 4.69) is 121 Å². The quantitative estimate of drug-likeness (QED) is 0.389. The number of halogens is 2. The summed E-state index contributed by atoms with van der Waals surface area (Å²) in [5, 5.41) is 0. The molecule has 1 aliphatic carbocycles. The van der Waals surface area contributed by atoms with Crippen molar-refractivity contribution >= 4 is 37.5 Å². The van der Waals surface area contributed by atoms with E-state index < -0.39 is 0 Å². The lowest BCUT2D eigenvalue weighted by atomic mass is 9.86. The Balaban J connectivity index is 2.15. The molecular formula is C24H32Br2N2. The van der Waals surface area contributed by atoms with Crippen molar-refractivity contribution in [1.29, 1.82) is 0 Å². The molecule has 3 rings (SSSR count). The molecule has 0 fully saturated rings. The van der Waals surface area contributed by atoms with Crippen molar-refractivity contribution < 1.29 is 0 Å². The van der Waals surface area contributed by atoms with Crippen molar-refractivity contribution in [3.8, 4) is 0 Å². The van der Waals surface area contributed by atoms with Crippen LogP contribution in [0.3, 0.4) is 0 Å². The average molecular weight is 508 g/mol. The van der Waals surface area contributed by atoms with E-state index in [4.69, 9.17) is 0 Å². The van der Waals surface area contributed by atoms with Gasteiger partial charge in [-0.1, -0.05) is 61.8 Å². The SMILES string of the molecule is CC1=C[C@@H](C)C(N2C(Br)=C(Br)N(c3c(C)cc(C)cc3C)C2C(C)C)C(C)=C1. The van der Waals surface area contributed by atoms with Gasteiger partial charge in [0.1, 0.15) is 15.4 Å². The van der Waals surface area contributed by atoms with Gasteiger partial charge in [-0.3, -0.25) is 0 Å². The fraction of sp³-hybridized carbons (Fsp3) is 0.500. The maximum absolute atomic E-state index is 3.95. The van der Waals surface area contributed by atoms with Crippen LogP contribution in [0.1, 0.15) is 51.3 Å². The zero-order chi connectivity index (χ0) is 20.9. The first-order valence-electron chi connectivity index (χ1n) is 10.1. The van der Waals surface area contributed by atoms with Crippen LogP contribution in [0.2, 0.25) is 0 Å². The van der Waals surface area contributed by atoms with Gasteiger partial charge in [0.05, 0.1) is 6.04 Å². The first-order chi connectivity index (χ1) is 13.0. The summed E-state index contributed by atoms with van der Waals surface area (Å²) in [5.41, 5.74) is 8.06. The molecule has 0 radical (unpaired) electrons. The highest BCUT2D eigenvalue weighted by Crippen LogP contribution is 2.48. The molecule has 4 heteroatoms. The van der Waals surface area contributed by atoms with Crippen LogP contribution in [0.15, 0.2) is 44.6 Å². The molecule has 1 heterocycles. The Hall–Kier alpha value is -1.00. The summed E-state index contributed by atoms with van der Waals surface area (Å²) in [6.45, 7) is 18.1. The Labute approximate surface area is 187 Å². The molecule has 152 valence electrons. The molecule has 0 saturated heterocycles. The second-order valence-electron chi connectivity index (χ2n) is 8.87. The van der Waals surface area contributed by atoms with Gasteiger partial charge in [-0.2, -0.15) is 0 Å². The summed E-state index contributed by atoms with van der Waals surface area (Å²) in [4.78, 5) is 5.07. The average Bonchev–Trinajstić information content (AvgIpc) is 2.79. The molecule has 1 aromatic rings. The van der Waals surface area contributed by atoms with Gasteiger partial charge in [-0.25, -0.2) is 0 Å². The summed E-state index contributed by atoms with van der Waals surface area (Å²) in [6.07, 6.45) is 4.97. The van der Waals surface area contributed by atoms with E-state index in [1.807, 2.05) is 0 Å². The zero-order valence-corrected chi connectivity index (χ0v) is 21.4. The van der Waals surface area contributed by atoms with E-state index in [1.54, 1.807) is 0 Å². The summed E-state index contributed by atoms with van der Waals surface area (Å²) in [5.74, 6) is 0.911. The standard InChI is InChI=1S/C24H32Br2N2/c1-13(2)24-27(20-16(5)9-14(3)10-17(20)6)22(25)23(26)28(24)21-18(7)11-15(4)12-19(21)8/h9-13,16,20,24H,1-8H3/t16-,20?,24?/m1/s1. The molecule has 0 spiro atoms. The topological polar surface area (TPSA) is 6.48 Å². The van der Waals surface area contributed by atoms with Crippen molar-refractivity contribution in [2.45, 2.75) is 67.6 Å². The minimum atomic E-state index is 0.242. The minimum Gasteiger partial charge on any atom is -0.335 e. The number of hydrogen-bond donors (Lipinski definition) is 0. The Morgan fingerprint density at radius 1 is 0.929 bits per heavy atom. The monoisotopic (exact) mass is 506 g/mol. The van der Waals surface area contributed by atoms with E-state index in [-0.39, 0.29) is 6.17 Å². The number of anilines is 1. The molecule has 0 amide bonds. The van der Waals surface area contributed by atoms with Crippen molar-refractivity contribution in [3.63, 3.8) is 0 Å². The first-order valence-corrected chi connectivity index (χ1v) is 11.7. The minimum absolute atomic E-state index is 0.242. The third-order valence-electron chi connectivity index (χ3n) is 5.88. The van der Waals surface area contributed by atoms with Gasteiger partial charge in [0.15, 0.2) is 0 Å². The van der Waals surface area contributed by atoms with Gasteiger partial charge in [0.25, 0.3) is 0 Å². The van der Waals surface area contributed by atoms with Crippen LogP contribution in [0.25, 0.3) is 0 Å². The highest BCUT2D eigenvalue weighted by molar-refractivity contribution is 9.14. The van der Waals surface area contributed by atoms with E-state index in [1.165, 1.54) is 33.5 Å². The van der Waals surface area contributed by atoms with Gasteiger partial charge >= 0.3 is 0 Å². The van der Waals surface area contributed by atoms with Gasteiger partial charge in [0.2, 0.25) is 0 Å². The van der Waals surface area contributed by atoms with Gasteiger partial charge < -0.3 is 9.80 Å². The number of nitrogens with zero attached hydrogens (tertiary/aromatic N) is 2. The number of allylic oxidation sites excluding steroid dienone is 2. The van der Waals surface area contributed by atoms with Crippen LogP contribution in [-0.4, -0.2) is 17.1 Å². The van der Waals surface area contributed by atoms with Gasteiger partial charge in [-0.05, 0) is 89.4 Å². The molecule has 0 bridgehead atoms. The predicted octanol–water partition coefficient (Wildman–Crippen LogP) is 7.54. The molecule has 1 aromatic carbocycles. The Bertz CT molecular complexity index is 856. The molecule has 2 nitrogen and oxygen atoms in total. The van der Waals surface area contributed by atoms with Crippen molar-refractivity contribution in [3.05, 3.63) is 61.3 Å². The maximum Gasteiger partial charge on any atom is 0.118 e. The van der Waals surface area contributed by atoms with Crippen LogP contribution < -0.4 is 4.90 Å². The van der Waals surface area contributed by atoms with E-state index in [0.717, 1.165) is 9.21 Å². The van der Waals surface area contributed by atoms with E-state index in [9.17, 15) is 0 Å². The lowest BCUT2D eigenvalue weighted by molar-refractivity contribution is 0.172. The van der Waals surface area contributed by atoms with Crippen LogP contribution in [0.4, 0.5) is 5.69 Å². The van der Waals surface area contributed by atoms with Crippen LogP contribution in [0, 0.1) is 32.6 Å². The van der Waals surface area contributed by atoms with Crippen LogP contribution in [0.5, 0.6) is 0 Å². The van der Waals surface area contributed by atoms with Crippen LogP contribution >= 0.6 is 31.9 Å². The number of rotatable bonds is 3. The molecule has 0 aromatic heterocycles. The van der Waals surface area contributed by atoms with Crippen molar-refractivity contribution in [2.75, 3.05) is 4.90 Å². The highest BCUT2D eigenvalue weighted by Gasteiger charge is 2.45. The summed E-state index contributed by atoms with van der Waals surface area (Å²) < 4.78 is 2.26. The van der Waals surface area contributed by atoms with Crippen molar-refractivity contribution in [1.82, 2.24) is 4.90 Å². The number of hydrogen-bond acceptors (Lipinski definition) is 2. The third-order valence-corrected chi connectivity index (χ3v) is 7.95.